The van der Waals surface area contributed by atoms with Crippen molar-refractivity contribution in [1.29, 1.82) is 0 Å². The van der Waals surface area contributed by atoms with Gasteiger partial charge in [0, 0.05) is 44.2 Å². The van der Waals surface area contributed by atoms with Crippen LogP contribution in [0.25, 0.3) is 0 Å². The monoisotopic (exact) mass is 336 g/mol. The van der Waals surface area contributed by atoms with E-state index in [-0.39, 0.29) is 5.91 Å². The average Bonchev–Trinajstić information content (AvgIpc) is 2.98. The highest BCUT2D eigenvalue weighted by Gasteiger charge is 2.30. The number of nitrogens with zero attached hydrogens (tertiary/aromatic N) is 2. The maximum absolute atomic E-state index is 11.5. The van der Waals surface area contributed by atoms with E-state index in [2.05, 4.69) is 23.1 Å². The van der Waals surface area contributed by atoms with E-state index in [9.17, 15) is 4.79 Å². The number of ether oxygens (including phenoxy) is 1. The van der Waals surface area contributed by atoms with Crippen LogP contribution >= 0.6 is 11.6 Å². The van der Waals surface area contributed by atoms with Crippen molar-refractivity contribution in [3.05, 3.63) is 23.8 Å². The summed E-state index contributed by atoms with van der Waals surface area (Å²) >= 11 is 5.69. The van der Waals surface area contributed by atoms with Gasteiger partial charge >= 0.3 is 0 Å². The fraction of sp³-hybridized carbons (Fsp3) is 0.611. The molecule has 0 aliphatic carbocycles. The fourth-order valence-electron chi connectivity index (χ4n) is 3.61. The highest BCUT2D eigenvalue weighted by atomic mass is 35.5. The van der Waals surface area contributed by atoms with Crippen molar-refractivity contribution in [1.82, 2.24) is 4.90 Å². The first-order valence-corrected chi connectivity index (χ1v) is 9.06. The van der Waals surface area contributed by atoms with Crippen LogP contribution < -0.4 is 9.64 Å². The number of hydrogen-bond acceptors (Lipinski definition) is 3. The SMILES string of the molecule is CC(=O)N1CCC(N2CCc3cc(OCCCCl)ccc32)CC1. The standard InChI is InChI=1S/C18H25ClN2O2/c1-14(22)20-9-6-16(7-10-20)21-11-5-15-13-17(3-4-18(15)21)23-12-2-8-19/h3-4,13,16H,2,5-12H2,1H3. The van der Waals surface area contributed by atoms with Crippen LogP contribution in [0, 0.1) is 0 Å². The summed E-state index contributed by atoms with van der Waals surface area (Å²) < 4.78 is 5.75. The minimum Gasteiger partial charge on any atom is -0.494 e. The Bertz CT molecular complexity index is 556. The van der Waals surface area contributed by atoms with E-state index in [4.69, 9.17) is 16.3 Å². The van der Waals surface area contributed by atoms with Crippen LogP contribution in [0.2, 0.25) is 0 Å². The van der Waals surface area contributed by atoms with Crippen molar-refractivity contribution in [2.45, 2.75) is 38.6 Å². The average molecular weight is 337 g/mol. The van der Waals surface area contributed by atoms with Crippen molar-refractivity contribution < 1.29 is 9.53 Å². The number of alkyl halides is 1. The van der Waals surface area contributed by atoms with E-state index in [1.165, 1.54) is 11.3 Å². The lowest BCUT2D eigenvalue weighted by Crippen LogP contribution is -2.45. The zero-order chi connectivity index (χ0) is 16.2. The Kier molecular flexibility index (Phi) is 5.31. The van der Waals surface area contributed by atoms with Crippen LogP contribution in [0.3, 0.4) is 0 Å². The van der Waals surface area contributed by atoms with Gasteiger partial charge in [-0.15, -0.1) is 11.6 Å². The smallest absolute Gasteiger partial charge is 0.219 e. The third-order valence-corrected chi connectivity index (χ3v) is 5.15. The number of carbonyl (C=O) groups excluding carboxylic acids is 1. The molecule has 23 heavy (non-hydrogen) atoms. The Hall–Kier alpha value is -1.42. The molecule has 1 aromatic rings. The lowest BCUT2D eigenvalue weighted by molar-refractivity contribution is -0.129. The number of likely N-dealkylation sites (tertiary alicyclic amines) is 1. The molecule has 2 aliphatic rings. The van der Waals surface area contributed by atoms with Gasteiger partial charge < -0.3 is 14.5 Å². The minimum atomic E-state index is 0.198. The number of halogens is 1. The number of benzene rings is 1. The van der Waals surface area contributed by atoms with Gasteiger partial charge in [0.25, 0.3) is 0 Å². The number of piperidine rings is 1. The number of carbonyl (C=O) groups is 1. The van der Waals surface area contributed by atoms with E-state index in [0.717, 1.165) is 51.1 Å². The van der Waals surface area contributed by atoms with Gasteiger partial charge in [0.1, 0.15) is 5.75 Å². The van der Waals surface area contributed by atoms with Crippen molar-refractivity contribution in [2.75, 3.05) is 37.0 Å². The largest absolute Gasteiger partial charge is 0.494 e. The Labute approximate surface area is 143 Å². The number of hydrogen-bond donors (Lipinski definition) is 0. The van der Waals surface area contributed by atoms with Gasteiger partial charge in [-0.3, -0.25) is 4.79 Å². The van der Waals surface area contributed by atoms with Gasteiger partial charge in [0.15, 0.2) is 0 Å². The zero-order valence-electron chi connectivity index (χ0n) is 13.8. The second-order valence-corrected chi connectivity index (χ2v) is 6.74. The first-order valence-electron chi connectivity index (χ1n) is 8.53. The van der Waals surface area contributed by atoms with Crippen LogP contribution in [0.1, 0.15) is 31.7 Å². The lowest BCUT2D eigenvalue weighted by atomic mass is 10.0. The normalized spacial score (nSPS) is 18.2. The molecule has 0 saturated carbocycles. The van der Waals surface area contributed by atoms with E-state index < -0.39 is 0 Å². The van der Waals surface area contributed by atoms with E-state index in [0.29, 0.717) is 18.5 Å². The molecular formula is C18H25ClN2O2. The molecule has 3 rings (SSSR count). The number of amides is 1. The van der Waals surface area contributed by atoms with E-state index in [1.54, 1.807) is 6.92 Å². The first kappa shape index (κ1) is 16.4. The third kappa shape index (κ3) is 3.74. The molecule has 1 aromatic carbocycles. The summed E-state index contributed by atoms with van der Waals surface area (Å²) in [6.45, 7) is 5.18. The molecule has 0 atom stereocenters. The maximum Gasteiger partial charge on any atom is 0.219 e. The van der Waals surface area contributed by atoms with Crippen molar-refractivity contribution in [3.63, 3.8) is 0 Å². The number of fused-ring (bicyclic) bond motifs is 1. The molecule has 2 heterocycles. The molecule has 0 aromatic heterocycles. The van der Waals surface area contributed by atoms with Crippen LogP contribution in [0.5, 0.6) is 5.75 Å². The predicted molar refractivity (Wildman–Crippen MR) is 93.6 cm³/mol. The quantitative estimate of drug-likeness (QED) is 0.612. The van der Waals surface area contributed by atoms with E-state index in [1.807, 2.05) is 4.90 Å². The molecular weight excluding hydrogens is 312 g/mol. The molecule has 126 valence electrons. The second kappa shape index (κ2) is 7.43. The van der Waals surface area contributed by atoms with Gasteiger partial charge in [-0.05, 0) is 49.4 Å². The van der Waals surface area contributed by atoms with Gasteiger partial charge in [0.05, 0.1) is 6.61 Å². The predicted octanol–water partition coefficient (Wildman–Crippen LogP) is 3.07. The summed E-state index contributed by atoms with van der Waals surface area (Å²) in [4.78, 5) is 15.9. The lowest BCUT2D eigenvalue weighted by Gasteiger charge is -2.37. The molecule has 1 amide bonds. The molecule has 0 bridgehead atoms. The van der Waals surface area contributed by atoms with Gasteiger partial charge in [-0.25, -0.2) is 0 Å². The second-order valence-electron chi connectivity index (χ2n) is 6.36. The minimum absolute atomic E-state index is 0.198. The number of anilines is 1. The molecule has 1 fully saturated rings. The third-order valence-electron chi connectivity index (χ3n) is 4.88. The van der Waals surface area contributed by atoms with Gasteiger partial charge in [-0.1, -0.05) is 0 Å². The molecule has 0 radical (unpaired) electrons. The van der Waals surface area contributed by atoms with Crippen molar-refractivity contribution in [2.24, 2.45) is 0 Å². The van der Waals surface area contributed by atoms with Gasteiger partial charge in [-0.2, -0.15) is 0 Å². The summed E-state index contributed by atoms with van der Waals surface area (Å²) in [6, 6.07) is 6.98. The molecule has 1 saturated heterocycles. The van der Waals surface area contributed by atoms with Crippen LogP contribution in [-0.2, 0) is 11.2 Å². The Morgan fingerprint density at radius 2 is 2.09 bits per heavy atom. The maximum atomic E-state index is 11.5. The zero-order valence-corrected chi connectivity index (χ0v) is 14.5. The Morgan fingerprint density at radius 3 is 2.78 bits per heavy atom. The highest BCUT2D eigenvalue weighted by molar-refractivity contribution is 6.17. The topological polar surface area (TPSA) is 32.8 Å². The van der Waals surface area contributed by atoms with Crippen LogP contribution in [-0.4, -0.2) is 49.0 Å². The summed E-state index contributed by atoms with van der Waals surface area (Å²) in [7, 11) is 0. The molecule has 2 aliphatic heterocycles. The van der Waals surface area contributed by atoms with E-state index >= 15 is 0 Å². The highest BCUT2D eigenvalue weighted by Crippen LogP contribution is 2.35. The fourth-order valence-corrected chi connectivity index (χ4v) is 3.72. The first-order chi connectivity index (χ1) is 11.2. The van der Waals surface area contributed by atoms with Gasteiger partial charge in [0.2, 0.25) is 5.91 Å². The Balaban J connectivity index is 1.62. The summed E-state index contributed by atoms with van der Waals surface area (Å²) in [5.41, 5.74) is 2.72. The molecule has 0 spiro atoms. The van der Waals surface area contributed by atoms with Crippen LogP contribution in [0.4, 0.5) is 5.69 Å². The molecule has 0 N–H and O–H groups in total. The number of rotatable bonds is 5. The summed E-state index contributed by atoms with van der Waals surface area (Å²) in [5.74, 6) is 1.78. The van der Waals surface area contributed by atoms with Crippen LogP contribution in [0.15, 0.2) is 18.2 Å². The summed E-state index contributed by atoms with van der Waals surface area (Å²) in [6.07, 6.45) is 4.08. The summed E-state index contributed by atoms with van der Waals surface area (Å²) in [5, 5.41) is 0. The molecule has 0 unspecified atom stereocenters. The van der Waals surface area contributed by atoms with Crippen molar-refractivity contribution in [3.8, 4) is 5.75 Å². The Morgan fingerprint density at radius 1 is 1.30 bits per heavy atom. The van der Waals surface area contributed by atoms with Crippen molar-refractivity contribution >= 4 is 23.2 Å². The molecule has 5 heteroatoms. The molecule has 4 nitrogen and oxygen atoms in total.